The first-order chi connectivity index (χ1) is 16.2. The third-order valence-electron chi connectivity index (χ3n) is 4.96. The van der Waals surface area contributed by atoms with E-state index in [1.54, 1.807) is 18.2 Å². The van der Waals surface area contributed by atoms with Crippen molar-refractivity contribution in [2.45, 2.75) is 6.36 Å². The lowest BCUT2D eigenvalue weighted by atomic mass is 10.1. The number of carbonyl (C=O) groups is 1. The number of aromatic nitrogens is 2. The summed E-state index contributed by atoms with van der Waals surface area (Å²) < 4.78 is 48.4. The van der Waals surface area contributed by atoms with Crippen molar-refractivity contribution in [3.05, 3.63) is 95.1 Å². The van der Waals surface area contributed by atoms with Gasteiger partial charge in [-0.15, -0.1) is 13.2 Å². The van der Waals surface area contributed by atoms with E-state index in [2.05, 4.69) is 15.0 Å². The van der Waals surface area contributed by atoms with Crippen molar-refractivity contribution in [3.63, 3.8) is 0 Å². The molecule has 2 aromatic carbocycles. The summed E-state index contributed by atoms with van der Waals surface area (Å²) in [4.78, 5) is 29.6. The largest absolute Gasteiger partial charge is 0.573 e. The molecule has 0 radical (unpaired) electrons. The Balaban J connectivity index is 1.43. The molecule has 0 atom stereocenters. The van der Waals surface area contributed by atoms with E-state index in [9.17, 15) is 22.8 Å². The lowest BCUT2D eigenvalue weighted by molar-refractivity contribution is -0.274. The van der Waals surface area contributed by atoms with Crippen LogP contribution in [-0.4, -0.2) is 21.7 Å². The fourth-order valence-corrected chi connectivity index (χ4v) is 3.49. The Hall–Kier alpha value is -4.60. The van der Waals surface area contributed by atoms with E-state index in [1.165, 1.54) is 0 Å². The number of fused-ring (bicyclic) bond motifs is 2. The first-order valence-electron chi connectivity index (χ1n) is 9.94. The van der Waals surface area contributed by atoms with E-state index in [4.69, 9.17) is 4.42 Å². The molecule has 1 N–H and O–H groups in total. The Labute approximate surface area is 189 Å². The Morgan fingerprint density at radius 3 is 2.68 bits per heavy atom. The van der Waals surface area contributed by atoms with Gasteiger partial charge in [-0.3, -0.25) is 4.79 Å². The van der Waals surface area contributed by atoms with Gasteiger partial charge < -0.3 is 18.9 Å². The van der Waals surface area contributed by atoms with Gasteiger partial charge in [-0.05, 0) is 48.5 Å². The molecule has 0 bridgehead atoms. The Bertz CT molecular complexity index is 1570. The van der Waals surface area contributed by atoms with Crippen LogP contribution in [0.4, 0.5) is 18.9 Å². The molecule has 0 aliphatic heterocycles. The molecule has 0 unspecified atom stereocenters. The average Bonchev–Trinajstić information content (AvgIpc) is 3.22. The van der Waals surface area contributed by atoms with E-state index < -0.39 is 23.6 Å². The summed E-state index contributed by atoms with van der Waals surface area (Å²) in [6.45, 7) is 0. The number of hydrogen-bond acceptors (Lipinski definition) is 5. The predicted molar refractivity (Wildman–Crippen MR) is 118 cm³/mol. The molecule has 7 nitrogen and oxygen atoms in total. The first kappa shape index (κ1) is 21.3. The van der Waals surface area contributed by atoms with Gasteiger partial charge in [-0.2, -0.15) is 0 Å². The Morgan fingerprint density at radius 1 is 1.03 bits per heavy atom. The number of nitrogens with one attached hydrogen (secondary N) is 1. The number of rotatable bonds is 4. The molecule has 3 aromatic heterocycles. The summed E-state index contributed by atoms with van der Waals surface area (Å²) in [7, 11) is 0. The van der Waals surface area contributed by atoms with Gasteiger partial charge in [0.2, 0.25) is 0 Å². The molecule has 5 rings (SSSR count). The number of hydrogen-bond donors (Lipinski definition) is 1. The molecule has 0 spiro atoms. The summed E-state index contributed by atoms with van der Waals surface area (Å²) in [6, 6.07) is 16.9. The first-order valence-corrected chi connectivity index (χ1v) is 9.94. The second-order valence-electron chi connectivity index (χ2n) is 7.32. The van der Waals surface area contributed by atoms with Crippen LogP contribution in [0.2, 0.25) is 0 Å². The van der Waals surface area contributed by atoms with E-state index in [-0.39, 0.29) is 16.5 Å². The molecule has 0 fully saturated rings. The second-order valence-corrected chi connectivity index (χ2v) is 7.32. The number of ether oxygens (including phenoxy) is 1. The van der Waals surface area contributed by atoms with E-state index in [0.717, 1.165) is 35.5 Å². The number of benzene rings is 2. The zero-order valence-electron chi connectivity index (χ0n) is 17.2. The number of anilines is 1. The van der Waals surface area contributed by atoms with Gasteiger partial charge in [0.05, 0.1) is 5.69 Å². The molecule has 0 saturated heterocycles. The number of pyridine rings is 1. The minimum absolute atomic E-state index is 0.0184. The minimum atomic E-state index is -4.88. The van der Waals surface area contributed by atoms with Gasteiger partial charge in [0.1, 0.15) is 22.5 Å². The highest BCUT2D eigenvalue weighted by molar-refractivity contribution is 6.05. The highest BCUT2D eigenvalue weighted by atomic mass is 19.4. The monoisotopic (exact) mass is 465 g/mol. The van der Waals surface area contributed by atoms with Gasteiger partial charge in [-0.25, -0.2) is 9.78 Å². The summed E-state index contributed by atoms with van der Waals surface area (Å²) in [5, 5.41) is 2.72. The van der Waals surface area contributed by atoms with Crippen LogP contribution in [0.3, 0.4) is 0 Å². The summed E-state index contributed by atoms with van der Waals surface area (Å²) >= 11 is 0. The number of carbonyl (C=O) groups excluding carboxylic acids is 1. The predicted octanol–water partition coefficient (Wildman–Crippen LogP) is 5.26. The van der Waals surface area contributed by atoms with Gasteiger partial charge in [0.25, 0.3) is 5.91 Å². The second kappa shape index (κ2) is 8.07. The Kier molecular flexibility index (Phi) is 5.05. The smallest absolute Gasteiger partial charge is 0.422 e. The van der Waals surface area contributed by atoms with Crippen molar-refractivity contribution in [2.75, 3.05) is 5.32 Å². The quantitative estimate of drug-likeness (QED) is 0.366. The van der Waals surface area contributed by atoms with Gasteiger partial charge >= 0.3 is 12.0 Å². The van der Waals surface area contributed by atoms with Crippen molar-refractivity contribution >= 4 is 28.2 Å². The lowest BCUT2D eigenvalue weighted by Crippen LogP contribution is -2.20. The fraction of sp³-hybridized carbons (Fsp3) is 0.0417. The van der Waals surface area contributed by atoms with E-state index >= 15 is 0 Å². The minimum Gasteiger partial charge on any atom is -0.422 e. The molecular formula is C24H14F3N3O4. The molecule has 0 aliphatic rings. The van der Waals surface area contributed by atoms with E-state index in [1.807, 2.05) is 41.1 Å². The van der Waals surface area contributed by atoms with Crippen LogP contribution in [0.25, 0.3) is 27.9 Å². The third kappa shape index (κ3) is 4.33. The number of amides is 1. The van der Waals surface area contributed by atoms with Gasteiger partial charge in [0, 0.05) is 29.0 Å². The zero-order valence-corrected chi connectivity index (χ0v) is 17.2. The lowest BCUT2D eigenvalue weighted by Gasteiger charge is -2.10. The average molecular weight is 465 g/mol. The third-order valence-corrected chi connectivity index (χ3v) is 4.96. The van der Waals surface area contributed by atoms with Crippen LogP contribution in [0.5, 0.6) is 5.75 Å². The molecule has 10 heteroatoms. The number of alkyl halides is 3. The molecular weight excluding hydrogens is 451 g/mol. The van der Waals surface area contributed by atoms with Crippen LogP contribution < -0.4 is 15.7 Å². The van der Waals surface area contributed by atoms with Crippen molar-refractivity contribution in [3.8, 4) is 17.0 Å². The highest BCUT2D eigenvalue weighted by Gasteiger charge is 2.31. The van der Waals surface area contributed by atoms with Gasteiger partial charge in [-0.1, -0.05) is 18.2 Å². The standard InChI is InChI=1S/C24H14F3N3O4/c25-24(26,27)34-17-7-8-20-15(11-17)12-18(23(32)33-20)22(31)28-16-5-3-4-14(10-16)19-13-30-9-2-1-6-21(30)29-19/h1-13H,(H,28,31). The van der Waals surface area contributed by atoms with Crippen LogP contribution >= 0.6 is 0 Å². The van der Waals surface area contributed by atoms with Crippen molar-refractivity contribution in [2.24, 2.45) is 0 Å². The van der Waals surface area contributed by atoms with Crippen LogP contribution in [0, 0.1) is 0 Å². The molecule has 1 amide bonds. The highest BCUT2D eigenvalue weighted by Crippen LogP contribution is 2.27. The SMILES string of the molecule is O=C(Nc1cccc(-c2cn3ccccc3n2)c1)c1cc2cc(OC(F)(F)F)ccc2oc1=O. The molecule has 34 heavy (non-hydrogen) atoms. The summed E-state index contributed by atoms with van der Waals surface area (Å²) in [5.74, 6) is -1.27. The normalized spacial score (nSPS) is 11.6. The number of imidazole rings is 1. The van der Waals surface area contributed by atoms with Crippen LogP contribution in [0.1, 0.15) is 10.4 Å². The van der Waals surface area contributed by atoms with Crippen molar-refractivity contribution < 1.29 is 27.1 Å². The van der Waals surface area contributed by atoms with Crippen molar-refractivity contribution in [1.29, 1.82) is 0 Å². The summed E-state index contributed by atoms with van der Waals surface area (Å²) in [6.07, 6.45) is -1.17. The molecule has 3 heterocycles. The molecule has 0 saturated carbocycles. The maximum Gasteiger partial charge on any atom is 0.573 e. The van der Waals surface area contributed by atoms with E-state index in [0.29, 0.717) is 11.4 Å². The maximum atomic E-state index is 12.8. The maximum absolute atomic E-state index is 12.8. The molecule has 5 aromatic rings. The Morgan fingerprint density at radius 2 is 1.88 bits per heavy atom. The number of nitrogens with zero attached hydrogens (tertiary/aromatic N) is 2. The zero-order chi connectivity index (χ0) is 23.9. The fourth-order valence-electron chi connectivity index (χ4n) is 3.49. The number of halogens is 3. The summed E-state index contributed by atoms with van der Waals surface area (Å²) in [5.41, 5.74) is 1.30. The van der Waals surface area contributed by atoms with Crippen LogP contribution in [-0.2, 0) is 0 Å². The van der Waals surface area contributed by atoms with Crippen molar-refractivity contribution in [1.82, 2.24) is 9.38 Å². The molecule has 0 aliphatic carbocycles. The van der Waals surface area contributed by atoms with Gasteiger partial charge in [0.15, 0.2) is 0 Å². The molecule has 170 valence electrons. The topological polar surface area (TPSA) is 85.8 Å². The van der Waals surface area contributed by atoms with Crippen LogP contribution in [0.15, 0.2) is 88.3 Å².